The van der Waals surface area contributed by atoms with Gasteiger partial charge in [-0.3, -0.25) is 14.6 Å². The maximum atomic E-state index is 14.6. The fourth-order valence-electron chi connectivity index (χ4n) is 5.04. The average molecular weight is 629 g/mol. The lowest BCUT2D eigenvalue weighted by molar-refractivity contribution is -0.150. The van der Waals surface area contributed by atoms with E-state index in [0.29, 0.717) is 17.2 Å². The molecule has 2 aliphatic rings. The molecule has 1 amide bonds. The Morgan fingerprint density at radius 3 is 2.80 bits per heavy atom. The Bertz CT molecular complexity index is 1530. The second-order valence-electron chi connectivity index (χ2n) is 10.5. The third-order valence-electron chi connectivity index (χ3n) is 7.37. The molecular formula is C29H34F2N8O4S. The number of esters is 1. The summed E-state index contributed by atoms with van der Waals surface area (Å²) in [5.41, 5.74) is 6.16. The van der Waals surface area contributed by atoms with Gasteiger partial charge in [0.1, 0.15) is 22.4 Å². The van der Waals surface area contributed by atoms with Crippen LogP contribution in [0.25, 0.3) is 16.3 Å². The van der Waals surface area contributed by atoms with E-state index in [1.165, 1.54) is 22.2 Å². The first-order valence-electron chi connectivity index (χ1n) is 14.5. The summed E-state index contributed by atoms with van der Waals surface area (Å²) in [6, 6.07) is 1.44. The summed E-state index contributed by atoms with van der Waals surface area (Å²) in [6.07, 6.45) is 9.66. The van der Waals surface area contributed by atoms with Gasteiger partial charge in [-0.15, -0.1) is 11.3 Å². The molecule has 0 radical (unpaired) electrons. The SMILES string of the molecule is CCOC1CCC(N=C/C(NC(=O)c2csc(-c3cnn(COC(=O)[C@@H]4CCCN4)c3)n2)=C(\N)c2nc(F)ccc2F)CC1. The van der Waals surface area contributed by atoms with E-state index in [4.69, 9.17) is 15.2 Å². The highest BCUT2D eigenvalue weighted by molar-refractivity contribution is 7.13. The molecule has 2 fully saturated rings. The molecule has 3 aromatic heterocycles. The molecule has 44 heavy (non-hydrogen) atoms. The smallest absolute Gasteiger partial charge is 0.324 e. The summed E-state index contributed by atoms with van der Waals surface area (Å²) >= 11 is 1.21. The molecule has 15 heteroatoms. The van der Waals surface area contributed by atoms with E-state index in [9.17, 15) is 18.4 Å². The number of halogens is 2. The summed E-state index contributed by atoms with van der Waals surface area (Å²) in [5, 5.41) is 12.0. The number of nitrogens with two attached hydrogens (primary N) is 1. The van der Waals surface area contributed by atoms with Crippen molar-refractivity contribution >= 4 is 35.1 Å². The molecule has 3 aromatic rings. The fraction of sp³-hybridized carbons (Fsp3) is 0.448. The number of carbonyl (C=O) groups is 2. The number of ether oxygens (including phenoxy) is 2. The lowest BCUT2D eigenvalue weighted by Crippen LogP contribution is -2.32. The third kappa shape index (κ3) is 7.89. The van der Waals surface area contributed by atoms with Crippen LogP contribution in [0.5, 0.6) is 0 Å². The maximum absolute atomic E-state index is 14.6. The fourth-order valence-corrected chi connectivity index (χ4v) is 5.81. The first kappa shape index (κ1) is 31.3. The molecule has 4 N–H and O–H groups in total. The number of amides is 1. The van der Waals surface area contributed by atoms with E-state index in [2.05, 4.69) is 30.7 Å². The lowest BCUT2D eigenvalue weighted by atomic mass is 9.93. The zero-order chi connectivity index (χ0) is 31.1. The molecule has 1 saturated heterocycles. The van der Waals surface area contributed by atoms with Crippen LogP contribution in [0.2, 0.25) is 0 Å². The van der Waals surface area contributed by atoms with Crippen LogP contribution in [0.1, 0.15) is 61.6 Å². The van der Waals surface area contributed by atoms with Crippen molar-refractivity contribution in [3.05, 3.63) is 58.8 Å². The Morgan fingerprint density at radius 1 is 1.23 bits per heavy atom. The Hall–Kier alpha value is -4.08. The van der Waals surface area contributed by atoms with E-state index in [1.807, 2.05) is 6.92 Å². The topological polar surface area (TPSA) is 159 Å². The van der Waals surface area contributed by atoms with Crippen LogP contribution < -0.4 is 16.4 Å². The van der Waals surface area contributed by atoms with Gasteiger partial charge in [0.2, 0.25) is 5.95 Å². The van der Waals surface area contributed by atoms with Gasteiger partial charge in [-0.05, 0) is 64.1 Å². The van der Waals surface area contributed by atoms with Crippen molar-refractivity contribution in [2.24, 2.45) is 10.7 Å². The number of aromatic nitrogens is 4. The first-order valence-corrected chi connectivity index (χ1v) is 15.3. The normalized spacial score (nSPS) is 20.9. The predicted molar refractivity (Wildman–Crippen MR) is 159 cm³/mol. The van der Waals surface area contributed by atoms with Crippen LogP contribution in [0.4, 0.5) is 8.78 Å². The van der Waals surface area contributed by atoms with Crippen molar-refractivity contribution in [2.75, 3.05) is 13.2 Å². The minimum atomic E-state index is -0.920. The van der Waals surface area contributed by atoms with Gasteiger partial charge < -0.3 is 25.8 Å². The predicted octanol–water partition coefficient (Wildman–Crippen LogP) is 3.41. The van der Waals surface area contributed by atoms with E-state index < -0.39 is 23.4 Å². The molecule has 0 aromatic carbocycles. The van der Waals surface area contributed by atoms with E-state index in [0.717, 1.165) is 57.2 Å². The van der Waals surface area contributed by atoms with Gasteiger partial charge in [-0.2, -0.15) is 9.49 Å². The Balaban J connectivity index is 1.29. The van der Waals surface area contributed by atoms with Gasteiger partial charge in [0.05, 0.1) is 29.7 Å². The van der Waals surface area contributed by atoms with Crippen molar-refractivity contribution in [2.45, 2.75) is 70.4 Å². The van der Waals surface area contributed by atoms with E-state index in [1.54, 1.807) is 17.8 Å². The number of rotatable bonds is 11. The Morgan fingerprint density at radius 2 is 2.05 bits per heavy atom. The highest BCUT2D eigenvalue weighted by Gasteiger charge is 2.24. The Kier molecular flexibility index (Phi) is 10.4. The molecule has 4 heterocycles. The molecule has 1 saturated carbocycles. The van der Waals surface area contributed by atoms with Crippen molar-refractivity contribution in [1.29, 1.82) is 0 Å². The number of nitrogens with one attached hydrogen (secondary N) is 2. The van der Waals surface area contributed by atoms with Crippen molar-refractivity contribution in [1.82, 2.24) is 30.4 Å². The maximum Gasteiger partial charge on any atom is 0.324 e. The van der Waals surface area contributed by atoms with Crippen LogP contribution in [0.3, 0.4) is 0 Å². The molecule has 5 rings (SSSR count). The summed E-state index contributed by atoms with van der Waals surface area (Å²) in [5.74, 6) is -2.72. The number of carbonyl (C=O) groups excluding carboxylic acids is 2. The van der Waals surface area contributed by atoms with E-state index in [-0.39, 0.29) is 48.0 Å². The number of allylic oxidation sites excluding steroid dienone is 1. The summed E-state index contributed by atoms with van der Waals surface area (Å²) in [6.45, 7) is 3.34. The van der Waals surface area contributed by atoms with Crippen molar-refractivity contribution in [3.63, 3.8) is 0 Å². The number of hydrogen-bond donors (Lipinski definition) is 3. The molecule has 0 unspecified atom stereocenters. The van der Waals surface area contributed by atoms with Crippen LogP contribution >= 0.6 is 11.3 Å². The van der Waals surface area contributed by atoms with E-state index >= 15 is 0 Å². The van der Waals surface area contributed by atoms with Gasteiger partial charge >= 0.3 is 5.97 Å². The quantitative estimate of drug-likeness (QED) is 0.164. The molecule has 1 aliphatic carbocycles. The number of hydrogen-bond acceptors (Lipinski definition) is 11. The number of aliphatic imine (C=N–C) groups is 1. The minimum absolute atomic E-state index is 0.0279. The zero-order valence-electron chi connectivity index (χ0n) is 24.2. The van der Waals surface area contributed by atoms with Gasteiger partial charge in [0, 0.05) is 30.0 Å². The van der Waals surface area contributed by atoms with Crippen molar-refractivity contribution in [3.8, 4) is 10.6 Å². The lowest BCUT2D eigenvalue weighted by Gasteiger charge is -2.26. The molecule has 1 aliphatic heterocycles. The first-order chi connectivity index (χ1) is 21.3. The molecule has 0 spiro atoms. The van der Waals surface area contributed by atoms with Gasteiger partial charge in [-0.25, -0.2) is 19.0 Å². The molecule has 0 bridgehead atoms. The summed E-state index contributed by atoms with van der Waals surface area (Å²) in [4.78, 5) is 38.0. The molecule has 1 atom stereocenters. The zero-order valence-corrected chi connectivity index (χ0v) is 25.0. The largest absolute Gasteiger partial charge is 0.441 e. The highest BCUT2D eigenvalue weighted by atomic mass is 32.1. The molecule has 12 nitrogen and oxygen atoms in total. The third-order valence-corrected chi connectivity index (χ3v) is 8.26. The monoisotopic (exact) mass is 628 g/mol. The van der Waals surface area contributed by atoms with Gasteiger partial charge in [0.25, 0.3) is 5.91 Å². The summed E-state index contributed by atoms with van der Waals surface area (Å²) < 4.78 is 40.9. The molecular weight excluding hydrogens is 594 g/mol. The van der Waals surface area contributed by atoms with Gasteiger partial charge in [0.15, 0.2) is 12.5 Å². The Labute approximate surface area is 256 Å². The highest BCUT2D eigenvalue weighted by Crippen LogP contribution is 2.25. The summed E-state index contributed by atoms with van der Waals surface area (Å²) in [7, 11) is 0. The standard InChI is InChI=1S/C29H34F2N8O4S/c1-2-42-19-7-5-18(6-8-19)34-13-22(25(32)26-20(30)9-10-24(31)38-26)36-27(40)23-15-44-28(37-23)17-12-35-39(14-17)16-43-29(41)21-4-3-11-33-21/h9-10,12-15,18-19,21,33H,2-8,11,16,32H2,1H3,(H,36,40)/b25-22+,34-13?/t18?,19?,21-/m0/s1. The van der Waals surface area contributed by atoms with Crippen LogP contribution in [-0.4, -0.2) is 69.2 Å². The number of nitrogens with zero attached hydrogens (tertiary/aromatic N) is 5. The second kappa shape index (κ2) is 14.6. The number of pyridine rings is 1. The van der Waals surface area contributed by atoms with Crippen LogP contribution in [-0.2, 0) is 21.0 Å². The van der Waals surface area contributed by atoms with Crippen molar-refractivity contribution < 1.29 is 27.8 Å². The second-order valence-corrected chi connectivity index (χ2v) is 11.3. The molecule has 234 valence electrons. The average Bonchev–Trinajstić information content (AvgIpc) is 3.82. The van der Waals surface area contributed by atoms with Crippen LogP contribution in [0.15, 0.2) is 40.6 Å². The van der Waals surface area contributed by atoms with Gasteiger partial charge in [-0.1, -0.05) is 0 Å². The van der Waals surface area contributed by atoms with Crippen LogP contribution in [0, 0.1) is 11.8 Å². The minimum Gasteiger partial charge on any atom is -0.441 e. The number of thiazole rings is 1.